The van der Waals surface area contributed by atoms with Crippen molar-refractivity contribution < 1.29 is 18.6 Å². The van der Waals surface area contributed by atoms with Crippen molar-refractivity contribution in [3.05, 3.63) is 59.6 Å². The molecule has 0 saturated carbocycles. The molecule has 3 aromatic carbocycles. The van der Waals surface area contributed by atoms with E-state index in [4.69, 9.17) is 24.0 Å². The molecule has 144 valence electrons. The van der Waals surface area contributed by atoms with Crippen LogP contribution in [0.2, 0.25) is 0 Å². The zero-order valence-corrected chi connectivity index (χ0v) is 16.2. The summed E-state index contributed by atoms with van der Waals surface area (Å²) in [7, 11) is 4.61. The monoisotopic (exact) mass is 386 g/mol. The molecule has 0 amide bonds. The first-order valence-corrected chi connectivity index (χ1v) is 8.86. The van der Waals surface area contributed by atoms with E-state index >= 15 is 0 Å². The van der Waals surface area contributed by atoms with Crippen molar-refractivity contribution >= 4 is 21.7 Å². The standard InChI is InChI=1S/C23H18N2O4/c1-26-18-10-14(11-19(27-2)22(18)28-3)20-16-9-8-13-6-4-5-7-15(13)21(16)29-23(25)17(20)12-24/h4-11,25H,1-3H3. The summed E-state index contributed by atoms with van der Waals surface area (Å²) in [5.74, 6) is 1.39. The van der Waals surface area contributed by atoms with Crippen LogP contribution < -0.4 is 19.8 Å². The van der Waals surface area contributed by atoms with Gasteiger partial charge in [0, 0.05) is 16.3 Å². The van der Waals surface area contributed by atoms with Gasteiger partial charge in [0.05, 0.1) is 21.3 Å². The Morgan fingerprint density at radius 2 is 1.59 bits per heavy atom. The van der Waals surface area contributed by atoms with Gasteiger partial charge in [0.25, 0.3) is 0 Å². The molecule has 0 aliphatic carbocycles. The number of fused-ring (bicyclic) bond motifs is 3. The average molecular weight is 386 g/mol. The first-order valence-electron chi connectivity index (χ1n) is 8.86. The number of hydrogen-bond acceptors (Lipinski definition) is 6. The Hall–Kier alpha value is -3.98. The molecule has 0 saturated heterocycles. The molecular formula is C23H18N2O4. The Morgan fingerprint density at radius 1 is 0.897 bits per heavy atom. The molecule has 1 heterocycles. The normalized spacial score (nSPS) is 10.7. The van der Waals surface area contributed by atoms with E-state index in [9.17, 15) is 5.26 Å². The molecular weight excluding hydrogens is 368 g/mol. The topological polar surface area (TPSA) is 88.5 Å². The third-order valence-electron chi connectivity index (χ3n) is 4.90. The number of nitrogens with zero attached hydrogens (tertiary/aromatic N) is 1. The third kappa shape index (κ3) is 2.84. The van der Waals surface area contributed by atoms with Crippen LogP contribution in [0.25, 0.3) is 32.9 Å². The van der Waals surface area contributed by atoms with Gasteiger partial charge in [-0.2, -0.15) is 5.26 Å². The number of ether oxygens (including phenoxy) is 3. The summed E-state index contributed by atoms with van der Waals surface area (Å²) in [4.78, 5) is 0. The number of hydrogen-bond donors (Lipinski definition) is 1. The lowest BCUT2D eigenvalue weighted by molar-refractivity contribution is 0.324. The summed E-state index contributed by atoms with van der Waals surface area (Å²) >= 11 is 0. The largest absolute Gasteiger partial charge is 0.493 e. The van der Waals surface area contributed by atoms with Gasteiger partial charge in [-0.25, -0.2) is 0 Å². The maximum Gasteiger partial charge on any atom is 0.230 e. The van der Waals surface area contributed by atoms with Crippen molar-refractivity contribution in [2.45, 2.75) is 0 Å². The van der Waals surface area contributed by atoms with Crippen LogP contribution in [0.5, 0.6) is 17.2 Å². The second-order valence-electron chi connectivity index (χ2n) is 6.37. The first-order chi connectivity index (χ1) is 14.1. The molecule has 1 N–H and O–H groups in total. The first kappa shape index (κ1) is 18.4. The van der Waals surface area contributed by atoms with Gasteiger partial charge in [0.1, 0.15) is 17.2 Å². The van der Waals surface area contributed by atoms with Gasteiger partial charge in [-0.3, -0.25) is 5.41 Å². The predicted octanol–water partition coefficient (Wildman–Crippen LogP) is 4.63. The number of methoxy groups -OCH3 is 3. The lowest BCUT2D eigenvalue weighted by Crippen LogP contribution is -2.07. The molecule has 6 nitrogen and oxygen atoms in total. The zero-order chi connectivity index (χ0) is 20.5. The molecule has 0 radical (unpaired) electrons. The summed E-state index contributed by atoms with van der Waals surface area (Å²) in [6.45, 7) is 0. The second kappa shape index (κ2) is 7.21. The van der Waals surface area contributed by atoms with E-state index in [-0.39, 0.29) is 11.1 Å². The van der Waals surface area contributed by atoms with Crippen LogP contribution in [0.3, 0.4) is 0 Å². The van der Waals surface area contributed by atoms with Crippen LogP contribution in [0.15, 0.2) is 52.9 Å². The molecule has 1 aromatic heterocycles. The van der Waals surface area contributed by atoms with Gasteiger partial charge >= 0.3 is 0 Å². The Labute approximate surface area is 167 Å². The molecule has 0 bridgehead atoms. The lowest BCUT2D eigenvalue weighted by Gasteiger charge is -2.16. The minimum Gasteiger partial charge on any atom is -0.493 e. The summed E-state index contributed by atoms with van der Waals surface area (Å²) < 4.78 is 22.1. The van der Waals surface area contributed by atoms with Crippen LogP contribution >= 0.6 is 0 Å². The van der Waals surface area contributed by atoms with Crippen LogP contribution in [-0.4, -0.2) is 21.3 Å². The predicted molar refractivity (Wildman–Crippen MR) is 109 cm³/mol. The van der Waals surface area contributed by atoms with E-state index in [1.807, 2.05) is 36.4 Å². The van der Waals surface area contributed by atoms with E-state index in [2.05, 4.69) is 6.07 Å². The van der Waals surface area contributed by atoms with E-state index in [0.29, 0.717) is 34.0 Å². The van der Waals surface area contributed by atoms with Crippen molar-refractivity contribution in [3.8, 4) is 34.4 Å². The van der Waals surface area contributed by atoms with E-state index in [1.165, 1.54) is 21.3 Å². The number of rotatable bonds is 4. The van der Waals surface area contributed by atoms with E-state index in [1.54, 1.807) is 12.1 Å². The highest BCUT2D eigenvalue weighted by atomic mass is 16.5. The molecule has 0 aliphatic rings. The van der Waals surface area contributed by atoms with Crippen LogP contribution in [0.1, 0.15) is 5.56 Å². The number of benzene rings is 3. The van der Waals surface area contributed by atoms with Crippen molar-refractivity contribution in [2.24, 2.45) is 0 Å². The lowest BCUT2D eigenvalue weighted by atomic mass is 9.95. The van der Waals surface area contributed by atoms with Gasteiger partial charge in [0.15, 0.2) is 11.5 Å². The molecule has 0 spiro atoms. The van der Waals surface area contributed by atoms with Crippen LogP contribution in [0, 0.1) is 16.7 Å². The van der Waals surface area contributed by atoms with Crippen molar-refractivity contribution in [2.75, 3.05) is 21.3 Å². The average Bonchev–Trinajstić information content (AvgIpc) is 2.76. The quantitative estimate of drug-likeness (QED) is 0.517. The Bertz CT molecular complexity index is 1320. The van der Waals surface area contributed by atoms with Crippen molar-refractivity contribution in [1.82, 2.24) is 0 Å². The molecule has 0 atom stereocenters. The van der Waals surface area contributed by atoms with Gasteiger partial charge in [-0.1, -0.05) is 30.3 Å². The molecule has 0 fully saturated rings. The fraction of sp³-hybridized carbons (Fsp3) is 0.130. The highest BCUT2D eigenvalue weighted by molar-refractivity contribution is 6.09. The minimum atomic E-state index is -0.194. The Kier molecular flexibility index (Phi) is 4.57. The second-order valence-corrected chi connectivity index (χ2v) is 6.37. The van der Waals surface area contributed by atoms with Gasteiger partial charge in [0.2, 0.25) is 11.3 Å². The molecule has 0 unspecified atom stereocenters. The summed E-state index contributed by atoms with van der Waals surface area (Å²) in [5, 5.41) is 20.7. The maximum absolute atomic E-state index is 9.77. The third-order valence-corrected chi connectivity index (χ3v) is 4.90. The Balaban J connectivity index is 2.17. The number of nitriles is 1. The van der Waals surface area contributed by atoms with Gasteiger partial charge < -0.3 is 18.6 Å². The zero-order valence-electron chi connectivity index (χ0n) is 16.2. The SMILES string of the molecule is COc1cc(-c2c(C#N)c(=N)oc3c2ccc2ccccc23)cc(OC)c1OC. The summed E-state index contributed by atoms with van der Waals surface area (Å²) in [5.41, 5.74) is 1.75. The van der Waals surface area contributed by atoms with Crippen molar-refractivity contribution in [1.29, 1.82) is 10.7 Å². The molecule has 4 aromatic rings. The number of nitrogens with one attached hydrogen (secondary N) is 1. The highest BCUT2D eigenvalue weighted by Gasteiger charge is 2.20. The smallest absolute Gasteiger partial charge is 0.230 e. The van der Waals surface area contributed by atoms with E-state index in [0.717, 1.165) is 16.2 Å². The maximum atomic E-state index is 9.77. The Morgan fingerprint density at radius 3 is 2.21 bits per heavy atom. The van der Waals surface area contributed by atoms with Crippen molar-refractivity contribution in [3.63, 3.8) is 0 Å². The molecule has 4 rings (SSSR count). The van der Waals surface area contributed by atoms with Crippen LogP contribution in [-0.2, 0) is 0 Å². The van der Waals surface area contributed by atoms with Gasteiger partial charge in [-0.15, -0.1) is 0 Å². The fourth-order valence-electron chi connectivity index (χ4n) is 3.58. The van der Waals surface area contributed by atoms with Gasteiger partial charge in [-0.05, 0) is 29.1 Å². The molecule has 0 aliphatic heterocycles. The summed E-state index contributed by atoms with van der Waals surface area (Å²) in [6, 6.07) is 17.3. The minimum absolute atomic E-state index is 0.141. The molecule has 6 heteroatoms. The fourth-order valence-corrected chi connectivity index (χ4v) is 3.58. The molecule has 29 heavy (non-hydrogen) atoms. The van der Waals surface area contributed by atoms with E-state index < -0.39 is 0 Å². The summed E-state index contributed by atoms with van der Waals surface area (Å²) in [6.07, 6.45) is 0. The van der Waals surface area contributed by atoms with Crippen LogP contribution in [0.4, 0.5) is 0 Å². The highest BCUT2D eigenvalue weighted by Crippen LogP contribution is 2.43.